The second-order valence-electron chi connectivity index (χ2n) is 10.1. The zero-order valence-corrected chi connectivity index (χ0v) is 20.9. The Hall–Kier alpha value is 0.854. The predicted octanol–water partition coefficient (Wildman–Crippen LogP) is 5.29. The maximum absolute atomic E-state index is 10.3. The van der Waals surface area contributed by atoms with Crippen LogP contribution in [0.15, 0.2) is 0 Å². The Kier molecular flexibility index (Phi) is 7.03. The molecule has 1 aliphatic rings. The number of halogens is 2. The molecule has 1 rings (SSSR count). The first-order chi connectivity index (χ1) is 10.8. The van der Waals surface area contributed by atoms with Crippen LogP contribution < -0.4 is 0 Å². The summed E-state index contributed by atoms with van der Waals surface area (Å²) in [5, 5.41) is 7.61. The molecule has 1 N–H and O–H groups in total. The predicted molar refractivity (Wildman–Crippen MR) is 111 cm³/mol. The smallest absolute Gasteiger partial charge is 0.266 e. The first-order valence-electron chi connectivity index (χ1n) is 8.87. The molecule has 1 unspecified atom stereocenters. The third-order valence-corrected chi connectivity index (χ3v) is 15.9. The van der Waals surface area contributed by atoms with E-state index in [1.165, 1.54) is 0 Å². The highest BCUT2D eigenvalue weighted by Crippen LogP contribution is 2.44. The van der Waals surface area contributed by atoms with Crippen molar-refractivity contribution in [1.82, 2.24) is 0 Å². The van der Waals surface area contributed by atoms with Crippen molar-refractivity contribution in [3.63, 3.8) is 0 Å². The Balaban J connectivity index is 2.97. The largest absolute Gasteiger partial charge is 0.414 e. The monoisotopic (exact) mass is 430 g/mol. The van der Waals surface area contributed by atoms with Gasteiger partial charge in [0.1, 0.15) is 11.5 Å². The van der Waals surface area contributed by atoms with Crippen molar-refractivity contribution in [2.24, 2.45) is 0 Å². The van der Waals surface area contributed by atoms with Gasteiger partial charge in [-0.3, -0.25) is 0 Å². The minimum atomic E-state index is -2.11. The first-order valence-corrected chi connectivity index (χ1v) is 15.5. The highest BCUT2D eigenvalue weighted by atomic mass is 35.5. The number of rotatable bonds is 5. The van der Waals surface area contributed by atoms with Crippen molar-refractivity contribution >= 4 is 39.8 Å². The van der Waals surface area contributed by atoms with Gasteiger partial charge < -0.3 is 18.7 Å². The number of hydrogen-bond donors (Lipinski definition) is 1. The standard InChI is InChI=1S/C17H36Cl2O4Si2/c1-15(2,3)24(7,8)21-11-12-13(14(18)17(19,20)22-12)23-25(9,10)16(4,5)6/h12-14,20H,11H2,1-10H3/t12-,13-,14-,17?/m1/s1. The Bertz CT molecular complexity index is 470. The molecule has 150 valence electrons. The van der Waals surface area contributed by atoms with Crippen molar-refractivity contribution < 1.29 is 18.7 Å². The third-order valence-electron chi connectivity index (χ3n) is 5.96. The van der Waals surface area contributed by atoms with E-state index in [-0.39, 0.29) is 10.1 Å². The van der Waals surface area contributed by atoms with Crippen LogP contribution in [0.2, 0.25) is 36.3 Å². The van der Waals surface area contributed by atoms with Crippen LogP contribution in [0.3, 0.4) is 0 Å². The molecule has 4 nitrogen and oxygen atoms in total. The van der Waals surface area contributed by atoms with Crippen LogP contribution in [0, 0.1) is 0 Å². The fourth-order valence-electron chi connectivity index (χ4n) is 2.02. The Morgan fingerprint density at radius 1 is 1.00 bits per heavy atom. The van der Waals surface area contributed by atoms with Gasteiger partial charge in [-0.2, -0.15) is 0 Å². The van der Waals surface area contributed by atoms with Crippen molar-refractivity contribution in [1.29, 1.82) is 0 Å². The SMILES string of the molecule is CC(C)(C)[Si](C)(C)OC[C@H]1OC(O)(Cl)[C@H](Cl)[C@@H]1O[Si](C)(C)C(C)(C)C. The lowest BCUT2D eigenvalue weighted by atomic mass is 10.2. The molecule has 1 aliphatic heterocycles. The molecule has 4 atom stereocenters. The average molecular weight is 432 g/mol. The van der Waals surface area contributed by atoms with Crippen LogP contribution in [0.4, 0.5) is 0 Å². The van der Waals surface area contributed by atoms with Crippen LogP contribution in [0.5, 0.6) is 0 Å². The van der Waals surface area contributed by atoms with Crippen LogP contribution in [-0.2, 0) is 13.6 Å². The fourth-order valence-corrected chi connectivity index (χ4v) is 4.95. The zero-order chi connectivity index (χ0) is 20.1. The molecule has 0 aromatic rings. The third kappa shape index (κ3) is 5.44. The summed E-state index contributed by atoms with van der Waals surface area (Å²) < 4.78 is 18.3. The second-order valence-corrected chi connectivity index (χ2v) is 20.7. The summed E-state index contributed by atoms with van der Waals surface area (Å²) in [4.78, 5) is 0. The Morgan fingerprint density at radius 2 is 1.44 bits per heavy atom. The van der Waals surface area contributed by atoms with Crippen molar-refractivity contribution in [2.45, 2.75) is 101 Å². The van der Waals surface area contributed by atoms with E-state index in [2.05, 4.69) is 67.7 Å². The van der Waals surface area contributed by atoms with Crippen LogP contribution >= 0.6 is 23.2 Å². The number of ether oxygens (including phenoxy) is 1. The van der Waals surface area contributed by atoms with Crippen LogP contribution in [0.1, 0.15) is 41.5 Å². The van der Waals surface area contributed by atoms with E-state index in [0.29, 0.717) is 6.61 Å². The van der Waals surface area contributed by atoms with Crippen molar-refractivity contribution in [2.75, 3.05) is 6.61 Å². The van der Waals surface area contributed by atoms with E-state index in [1.807, 2.05) is 0 Å². The van der Waals surface area contributed by atoms with E-state index in [4.69, 9.17) is 36.8 Å². The summed E-state index contributed by atoms with van der Waals surface area (Å²) in [6, 6.07) is 0. The van der Waals surface area contributed by atoms with Gasteiger partial charge in [0.25, 0.3) is 5.25 Å². The molecule has 0 radical (unpaired) electrons. The molecule has 8 heteroatoms. The molecular weight excluding hydrogens is 395 g/mol. The highest BCUT2D eigenvalue weighted by molar-refractivity contribution is 6.74. The maximum atomic E-state index is 10.3. The minimum Gasteiger partial charge on any atom is -0.414 e. The van der Waals surface area contributed by atoms with Gasteiger partial charge in [0.2, 0.25) is 0 Å². The van der Waals surface area contributed by atoms with Gasteiger partial charge in [-0.15, -0.1) is 11.6 Å². The van der Waals surface area contributed by atoms with E-state index < -0.39 is 39.5 Å². The lowest BCUT2D eigenvalue weighted by molar-refractivity contribution is -0.136. The number of hydrogen-bond acceptors (Lipinski definition) is 4. The van der Waals surface area contributed by atoms with E-state index in [0.717, 1.165) is 0 Å². The van der Waals surface area contributed by atoms with E-state index in [9.17, 15) is 5.11 Å². The molecule has 0 spiro atoms. The lowest BCUT2D eigenvalue weighted by Crippen LogP contribution is -2.50. The fraction of sp³-hybridized carbons (Fsp3) is 1.00. The summed E-state index contributed by atoms with van der Waals surface area (Å²) in [5.41, 5.74) is 0. The summed E-state index contributed by atoms with van der Waals surface area (Å²) in [6.45, 7) is 22.0. The van der Waals surface area contributed by atoms with Crippen molar-refractivity contribution in [3.8, 4) is 0 Å². The molecule has 0 saturated carbocycles. The molecule has 1 saturated heterocycles. The molecular formula is C17H36Cl2O4Si2. The Morgan fingerprint density at radius 3 is 1.84 bits per heavy atom. The first kappa shape index (κ1) is 23.9. The molecule has 0 aromatic carbocycles. The van der Waals surface area contributed by atoms with Gasteiger partial charge >= 0.3 is 0 Å². The van der Waals surface area contributed by atoms with Gasteiger partial charge in [0.05, 0.1) is 12.7 Å². The second kappa shape index (κ2) is 7.35. The summed E-state index contributed by atoms with van der Waals surface area (Å²) >= 11 is 12.5. The van der Waals surface area contributed by atoms with Gasteiger partial charge in [-0.1, -0.05) is 53.1 Å². The minimum absolute atomic E-state index is 0.0153. The number of aliphatic hydroxyl groups is 1. The normalized spacial score (nSPS) is 32.3. The van der Waals surface area contributed by atoms with Gasteiger partial charge in [0, 0.05) is 0 Å². The molecule has 0 amide bonds. The zero-order valence-electron chi connectivity index (χ0n) is 17.4. The maximum Gasteiger partial charge on any atom is 0.266 e. The summed E-state index contributed by atoms with van der Waals surface area (Å²) in [7, 11) is -4.06. The Labute approximate surface area is 165 Å². The van der Waals surface area contributed by atoms with Gasteiger partial charge in [-0.25, -0.2) is 0 Å². The molecule has 1 heterocycles. The lowest BCUT2D eigenvalue weighted by Gasteiger charge is -2.41. The highest BCUT2D eigenvalue weighted by Gasteiger charge is 2.56. The van der Waals surface area contributed by atoms with E-state index >= 15 is 0 Å². The number of alkyl halides is 2. The molecule has 25 heavy (non-hydrogen) atoms. The molecule has 0 bridgehead atoms. The van der Waals surface area contributed by atoms with Crippen molar-refractivity contribution in [3.05, 3.63) is 0 Å². The molecule has 1 fully saturated rings. The van der Waals surface area contributed by atoms with E-state index in [1.54, 1.807) is 0 Å². The summed E-state index contributed by atoms with van der Waals surface area (Å²) in [6.07, 6.45) is -0.997. The average Bonchev–Trinajstić information content (AvgIpc) is 2.57. The van der Waals surface area contributed by atoms with Gasteiger partial charge in [-0.05, 0) is 36.3 Å². The topological polar surface area (TPSA) is 47.9 Å². The molecule has 0 aliphatic carbocycles. The molecule has 0 aromatic heterocycles. The quantitative estimate of drug-likeness (QED) is 0.475. The van der Waals surface area contributed by atoms with Gasteiger partial charge in [0.15, 0.2) is 16.6 Å². The van der Waals surface area contributed by atoms with Crippen LogP contribution in [-0.4, -0.2) is 51.2 Å². The van der Waals surface area contributed by atoms with Crippen LogP contribution in [0.25, 0.3) is 0 Å². The summed E-state index contributed by atoms with van der Waals surface area (Å²) in [5.74, 6) is 0.